The van der Waals surface area contributed by atoms with Gasteiger partial charge in [-0.15, -0.1) is 0 Å². The average Bonchev–Trinajstić information content (AvgIpc) is 3.69. The number of piperazine rings is 1. The molecular weight excluding hydrogens is 553 g/mol. The minimum absolute atomic E-state index is 0.00135. The van der Waals surface area contributed by atoms with Gasteiger partial charge in [0.15, 0.2) is 5.82 Å². The van der Waals surface area contributed by atoms with E-state index in [4.69, 9.17) is 9.72 Å². The molecule has 6 heterocycles. The minimum Gasteiger partial charge on any atom is -0.461 e. The van der Waals surface area contributed by atoms with Crippen molar-refractivity contribution in [2.45, 2.75) is 69.0 Å². The van der Waals surface area contributed by atoms with Crippen LogP contribution in [0.4, 0.5) is 19.0 Å². The van der Waals surface area contributed by atoms with E-state index in [1.54, 1.807) is 30.5 Å². The molecule has 0 aliphatic carbocycles. The van der Waals surface area contributed by atoms with E-state index in [0.717, 1.165) is 70.1 Å². The van der Waals surface area contributed by atoms with Crippen LogP contribution < -0.4 is 15.0 Å². The van der Waals surface area contributed by atoms with E-state index >= 15 is 4.39 Å². The van der Waals surface area contributed by atoms with Crippen LogP contribution in [0.3, 0.4) is 0 Å². The number of alkyl halides is 2. The average molecular weight is 589 g/mol. The highest BCUT2D eigenvalue weighted by Gasteiger charge is 2.45. The van der Waals surface area contributed by atoms with Crippen LogP contribution in [-0.2, 0) is 6.42 Å². The Labute approximate surface area is 248 Å². The summed E-state index contributed by atoms with van der Waals surface area (Å²) in [6.07, 6.45) is 5.37. The summed E-state index contributed by atoms with van der Waals surface area (Å²) in [7, 11) is 0. The van der Waals surface area contributed by atoms with Crippen molar-refractivity contribution in [1.82, 2.24) is 25.2 Å². The third-order valence-electron chi connectivity index (χ3n) is 10.1. The van der Waals surface area contributed by atoms with E-state index in [1.165, 1.54) is 0 Å². The predicted octanol–water partition coefficient (Wildman–Crippen LogP) is 5.74. The molecule has 2 atom stereocenters. The molecule has 4 saturated heterocycles. The number of halogens is 3. The molecule has 224 valence electrons. The summed E-state index contributed by atoms with van der Waals surface area (Å²) < 4.78 is 50.1. The maximum atomic E-state index is 16.7. The third-order valence-corrected chi connectivity index (χ3v) is 10.1. The fourth-order valence-corrected chi connectivity index (χ4v) is 8.10. The van der Waals surface area contributed by atoms with Gasteiger partial charge < -0.3 is 15.0 Å². The van der Waals surface area contributed by atoms with Gasteiger partial charge in [-0.05, 0) is 68.0 Å². The van der Waals surface area contributed by atoms with Gasteiger partial charge in [0.25, 0.3) is 0 Å². The zero-order valence-electron chi connectivity index (χ0n) is 24.0. The lowest BCUT2D eigenvalue weighted by Crippen LogP contribution is -2.51. The lowest BCUT2D eigenvalue weighted by molar-refractivity contribution is 0.108. The van der Waals surface area contributed by atoms with E-state index in [-0.39, 0.29) is 22.8 Å². The SMILES string of the molecule is Fc1c(-c2cccc3cccc(CC(F)F)c23)ncc2c(N3CC4CCC(C3)N4)nc(OCC34CCCN3CCC4)nc12. The molecule has 4 aliphatic heterocycles. The van der Waals surface area contributed by atoms with E-state index in [0.29, 0.717) is 46.4 Å². The summed E-state index contributed by atoms with van der Waals surface area (Å²) in [5.41, 5.74) is 1.17. The number of hydrogen-bond acceptors (Lipinski definition) is 7. The molecule has 7 nitrogen and oxygen atoms in total. The fraction of sp³-hybridized carbons (Fsp3) is 0.485. The Morgan fingerprint density at radius 1 is 1.00 bits per heavy atom. The van der Waals surface area contributed by atoms with Crippen LogP contribution in [-0.4, -0.2) is 76.7 Å². The highest BCUT2D eigenvalue weighted by Crippen LogP contribution is 2.40. The normalized spacial score (nSPS) is 23.1. The number of ether oxygens (including phenoxy) is 1. The number of anilines is 1. The third kappa shape index (κ3) is 4.70. The number of benzene rings is 2. The number of fused-ring (bicyclic) bond motifs is 5. The first-order chi connectivity index (χ1) is 21.0. The molecule has 10 heteroatoms. The number of hydrogen-bond donors (Lipinski definition) is 1. The first-order valence-corrected chi connectivity index (χ1v) is 15.5. The van der Waals surface area contributed by atoms with Crippen LogP contribution in [0.15, 0.2) is 42.6 Å². The summed E-state index contributed by atoms with van der Waals surface area (Å²) >= 11 is 0. The van der Waals surface area contributed by atoms with Gasteiger partial charge in [0.2, 0.25) is 6.43 Å². The second-order valence-electron chi connectivity index (χ2n) is 12.7. The number of aromatic nitrogens is 3. The molecule has 0 saturated carbocycles. The molecule has 2 unspecified atom stereocenters. The second kappa shape index (κ2) is 10.6. The van der Waals surface area contributed by atoms with Crippen LogP contribution in [0.1, 0.15) is 44.1 Å². The van der Waals surface area contributed by atoms with Gasteiger partial charge in [-0.3, -0.25) is 9.88 Å². The summed E-state index contributed by atoms with van der Waals surface area (Å²) in [6.45, 7) is 4.18. The van der Waals surface area contributed by atoms with Crippen molar-refractivity contribution in [1.29, 1.82) is 0 Å². The highest BCUT2D eigenvalue weighted by molar-refractivity contribution is 6.00. The van der Waals surface area contributed by atoms with Crippen LogP contribution in [0, 0.1) is 5.82 Å². The number of pyridine rings is 1. The lowest BCUT2D eigenvalue weighted by Gasteiger charge is -2.34. The Morgan fingerprint density at radius 2 is 1.74 bits per heavy atom. The lowest BCUT2D eigenvalue weighted by atomic mass is 9.95. The molecule has 4 fully saturated rings. The summed E-state index contributed by atoms with van der Waals surface area (Å²) in [4.78, 5) is 18.9. The van der Waals surface area contributed by atoms with Crippen LogP contribution in [0.25, 0.3) is 32.9 Å². The van der Waals surface area contributed by atoms with Gasteiger partial charge >= 0.3 is 6.01 Å². The monoisotopic (exact) mass is 588 g/mol. The molecule has 4 aliphatic rings. The van der Waals surface area contributed by atoms with Crippen molar-refractivity contribution in [3.8, 4) is 17.3 Å². The maximum absolute atomic E-state index is 16.7. The largest absolute Gasteiger partial charge is 0.461 e. The molecule has 43 heavy (non-hydrogen) atoms. The fourth-order valence-electron chi connectivity index (χ4n) is 8.10. The van der Waals surface area contributed by atoms with Crippen LogP contribution in [0.2, 0.25) is 0 Å². The Balaban J connectivity index is 1.25. The molecule has 1 N–H and O–H groups in total. The topological polar surface area (TPSA) is 66.4 Å². The Bertz CT molecular complexity index is 1670. The Kier molecular flexibility index (Phi) is 6.67. The molecule has 2 aromatic heterocycles. The number of nitrogens with zero attached hydrogens (tertiary/aromatic N) is 5. The first-order valence-electron chi connectivity index (χ1n) is 15.5. The van der Waals surface area contributed by atoms with Gasteiger partial charge in [0, 0.05) is 43.4 Å². The molecule has 2 aromatic carbocycles. The highest BCUT2D eigenvalue weighted by atomic mass is 19.3. The standard InChI is InChI=1S/C33H35F3N6O/c34-26(35)15-21-7-1-5-20-6-2-8-24(27(20)21)29-28(36)30-25(16-37-29)31(41-17-22-9-10-23(18-41)38-22)40-32(39-30)43-19-33-11-3-13-42(33)14-4-12-33/h1-2,5-8,16,22-23,26,38H,3-4,9-15,17-19H2. The van der Waals surface area contributed by atoms with Crippen molar-refractivity contribution < 1.29 is 17.9 Å². The van der Waals surface area contributed by atoms with E-state index in [2.05, 4.69) is 25.1 Å². The van der Waals surface area contributed by atoms with Gasteiger partial charge in [-0.1, -0.05) is 36.4 Å². The van der Waals surface area contributed by atoms with E-state index in [1.807, 2.05) is 12.1 Å². The molecule has 4 aromatic rings. The smallest absolute Gasteiger partial charge is 0.319 e. The van der Waals surface area contributed by atoms with Crippen molar-refractivity contribution in [2.24, 2.45) is 0 Å². The second-order valence-corrected chi connectivity index (χ2v) is 12.7. The van der Waals surface area contributed by atoms with Gasteiger partial charge in [0.1, 0.15) is 23.6 Å². The van der Waals surface area contributed by atoms with Crippen molar-refractivity contribution >= 4 is 27.5 Å². The minimum atomic E-state index is -2.52. The molecule has 8 rings (SSSR count). The quantitative estimate of drug-likeness (QED) is 0.295. The van der Waals surface area contributed by atoms with Gasteiger partial charge in [-0.25, -0.2) is 13.2 Å². The molecule has 0 radical (unpaired) electrons. The molecule has 0 spiro atoms. The zero-order chi connectivity index (χ0) is 29.1. The van der Waals surface area contributed by atoms with E-state index < -0.39 is 18.7 Å². The Hall–Kier alpha value is -3.50. The Morgan fingerprint density at radius 3 is 2.49 bits per heavy atom. The van der Waals surface area contributed by atoms with Crippen molar-refractivity contribution in [2.75, 3.05) is 37.7 Å². The summed E-state index contributed by atoms with van der Waals surface area (Å²) in [5.74, 6) is 0.0461. The molecule has 2 bridgehead atoms. The van der Waals surface area contributed by atoms with E-state index in [9.17, 15) is 8.78 Å². The first kappa shape index (κ1) is 27.1. The van der Waals surface area contributed by atoms with Crippen molar-refractivity contribution in [3.63, 3.8) is 0 Å². The summed E-state index contributed by atoms with van der Waals surface area (Å²) in [5, 5.41) is 5.53. The number of nitrogens with one attached hydrogen (secondary N) is 1. The van der Waals surface area contributed by atoms with Crippen LogP contribution in [0.5, 0.6) is 6.01 Å². The summed E-state index contributed by atoms with van der Waals surface area (Å²) in [6, 6.07) is 11.6. The number of rotatable bonds is 7. The molecule has 0 amide bonds. The predicted molar refractivity (Wildman–Crippen MR) is 160 cm³/mol. The van der Waals surface area contributed by atoms with Gasteiger partial charge in [0.05, 0.1) is 10.9 Å². The molecular formula is C33H35F3N6O. The van der Waals surface area contributed by atoms with Gasteiger partial charge in [-0.2, -0.15) is 9.97 Å². The maximum Gasteiger partial charge on any atom is 0.319 e. The zero-order valence-corrected chi connectivity index (χ0v) is 24.0. The van der Waals surface area contributed by atoms with Crippen molar-refractivity contribution in [3.05, 3.63) is 54.0 Å². The van der Waals surface area contributed by atoms with Crippen LogP contribution >= 0.6 is 0 Å².